The van der Waals surface area contributed by atoms with Crippen molar-refractivity contribution in [3.8, 4) is 0 Å². The lowest BCUT2D eigenvalue weighted by molar-refractivity contribution is 0.0873. The molecule has 7 heteroatoms. The van der Waals surface area contributed by atoms with E-state index in [9.17, 15) is 26.7 Å². The number of benzene rings is 1. The van der Waals surface area contributed by atoms with Crippen LogP contribution in [-0.2, 0) is 0 Å². The van der Waals surface area contributed by atoms with Crippen LogP contribution in [0.15, 0.2) is 0 Å². The Morgan fingerprint density at radius 1 is 0.812 bits per heavy atom. The Hall–Kier alpha value is -1.66. The molecule has 1 saturated heterocycles. The van der Waals surface area contributed by atoms with Gasteiger partial charge in [-0.3, -0.25) is 4.79 Å². The summed E-state index contributed by atoms with van der Waals surface area (Å²) >= 11 is 0. The lowest BCUT2D eigenvalue weighted by atomic mass is 10.1. The largest absolute Gasteiger partial charge is 0.335 e. The second-order valence-electron chi connectivity index (χ2n) is 3.24. The third kappa shape index (κ3) is 1.43. The van der Waals surface area contributed by atoms with Crippen LogP contribution in [0.3, 0.4) is 0 Å². The minimum atomic E-state index is -2.27. The summed E-state index contributed by atoms with van der Waals surface area (Å²) in [5.74, 6) is -11.8. The summed E-state index contributed by atoms with van der Waals surface area (Å²) in [6.07, 6.45) is 0. The smallest absolute Gasteiger partial charge is 0.260 e. The van der Waals surface area contributed by atoms with Crippen LogP contribution in [0.25, 0.3) is 0 Å². The zero-order valence-electron chi connectivity index (χ0n) is 7.66. The van der Waals surface area contributed by atoms with Crippen molar-refractivity contribution in [2.45, 2.75) is 0 Å². The molecule has 86 valence electrons. The molecule has 1 aliphatic heterocycles. The Morgan fingerprint density at radius 3 is 1.56 bits per heavy atom. The van der Waals surface area contributed by atoms with Gasteiger partial charge in [0.15, 0.2) is 23.3 Å². The van der Waals surface area contributed by atoms with Crippen LogP contribution in [0.1, 0.15) is 10.4 Å². The van der Waals surface area contributed by atoms with Crippen LogP contribution >= 0.6 is 0 Å². The summed E-state index contributed by atoms with van der Waals surface area (Å²) in [5, 5.41) is 0. The summed E-state index contributed by atoms with van der Waals surface area (Å²) in [4.78, 5) is 12.2. The van der Waals surface area contributed by atoms with Gasteiger partial charge in [-0.25, -0.2) is 22.0 Å². The van der Waals surface area contributed by atoms with Crippen molar-refractivity contribution in [1.29, 1.82) is 0 Å². The van der Waals surface area contributed by atoms with E-state index in [1.807, 2.05) is 0 Å². The van der Waals surface area contributed by atoms with Crippen molar-refractivity contribution in [2.75, 3.05) is 13.1 Å². The van der Waals surface area contributed by atoms with Gasteiger partial charge in [0.25, 0.3) is 5.91 Å². The summed E-state index contributed by atoms with van der Waals surface area (Å²) in [5.41, 5.74) is -1.39. The molecule has 0 aromatic heterocycles. The number of halogens is 5. The highest BCUT2D eigenvalue weighted by molar-refractivity contribution is 5.96. The van der Waals surface area contributed by atoms with Crippen LogP contribution in [0.4, 0.5) is 22.0 Å². The van der Waals surface area contributed by atoms with E-state index in [4.69, 9.17) is 0 Å². The molecule has 0 spiro atoms. The standard InChI is InChI=1S/C9H4F5NO/c10-4-3(9(16)15-1-2-15)5(11)7(13)8(14)6(4)12/h1-2H2. The second kappa shape index (κ2) is 3.43. The number of carbonyl (C=O) groups excluding carboxylic acids is 1. The first-order valence-electron chi connectivity index (χ1n) is 4.26. The van der Waals surface area contributed by atoms with Crippen molar-refractivity contribution in [3.05, 3.63) is 34.6 Å². The zero-order chi connectivity index (χ0) is 12.0. The minimum Gasteiger partial charge on any atom is -0.335 e. The van der Waals surface area contributed by atoms with Gasteiger partial charge in [-0.2, -0.15) is 0 Å². The van der Waals surface area contributed by atoms with Crippen LogP contribution in [0, 0.1) is 29.1 Å². The monoisotopic (exact) mass is 237 g/mol. The van der Waals surface area contributed by atoms with E-state index in [1.165, 1.54) is 0 Å². The predicted molar refractivity (Wildman–Crippen MR) is 42.1 cm³/mol. The van der Waals surface area contributed by atoms with E-state index >= 15 is 0 Å². The van der Waals surface area contributed by atoms with Gasteiger partial charge in [0.05, 0.1) is 0 Å². The molecule has 0 radical (unpaired) electrons. The highest BCUT2D eigenvalue weighted by Gasteiger charge is 2.35. The highest BCUT2D eigenvalue weighted by Crippen LogP contribution is 2.25. The fourth-order valence-electron chi connectivity index (χ4n) is 1.20. The predicted octanol–water partition coefficient (Wildman–Crippen LogP) is 1.84. The molecular formula is C9H4F5NO. The minimum absolute atomic E-state index is 0.248. The molecule has 2 nitrogen and oxygen atoms in total. The molecule has 0 aliphatic carbocycles. The van der Waals surface area contributed by atoms with E-state index in [1.54, 1.807) is 0 Å². The molecule has 1 amide bonds. The Morgan fingerprint density at radius 2 is 1.19 bits per heavy atom. The fraction of sp³-hybridized carbons (Fsp3) is 0.222. The van der Waals surface area contributed by atoms with E-state index in [-0.39, 0.29) is 13.1 Å². The van der Waals surface area contributed by atoms with Gasteiger partial charge in [0.1, 0.15) is 5.56 Å². The van der Waals surface area contributed by atoms with Crippen molar-refractivity contribution in [3.63, 3.8) is 0 Å². The molecule has 2 rings (SSSR count). The Labute approximate surface area is 86.3 Å². The van der Waals surface area contributed by atoms with Crippen LogP contribution in [0.5, 0.6) is 0 Å². The van der Waals surface area contributed by atoms with E-state index in [0.717, 1.165) is 4.90 Å². The maximum absolute atomic E-state index is 13.1. The van der Waals surface area contributed by atoms with E-state index in [0.29, 0.717) is 0 Å². The molecule has 1 heterocycles. The number of hydrogen-bond acceptors (Lipinski definition) is 1. The lowest BCUT2D eigenvalue weighted by Gasteiger charge is -2.07. The Bertz CT molecular complexity index is 454. The molecule has 0 atom stereocenters. The van der Waals surface area contributed by atoms with Gasteiger partial charge in [0, 0.05) is 13.1 Å². The number of nitrogens with zero attached hydrogens (tertiary/aromatic N) is 1. The molecule has 1 aromatic rings. The number of carbonyl (C=O) groups is 1. The Kier molecular flexibility index (Phi) is 2.32. The molecule has 0 unspecified atom stereocenters. The highest BCUT2D eigenvalue weighted by atomic mass is 19.2. The number of amides is 1. The van der Waals surface area contributed by atoms with Crippen LogP contribution in [0.2, 0.25) is 0 Å². The molecule has 1 aliphatic rings. The number of rotatable bonds is 1. The average Bonchev–Trinajstić information content (AvgIpc) is 3.07. The van der Waals surface area contributed by atoms with Gasteiger partial charge in [-0.1, -0.05) is 0 Å². The SMILES string of the molecule is O=C(c1c(F)c(F)c(F)c(F)c1F)N1CC1. The first-order valence-corrected chi connectivity index (χ1v) is 4.26. The average molecular weight is 237 g/mol. The van der Waals surface area contributed by atoms with Gasteiger partial charge in [-0.05, 0) is 0 Å². The van der Waals surface area contributed by atoms with Crippen molar-refractivity contribution < 1.29 is 26.7 Å². The molecular weight excluding hydrogens is 233 g/mol. The van der Waals surface area contributed by atoms with Gasteiger partial charge < -0.3 is 4.90 Å². The molecule has 1 aromatic carbocycles. The third-order valence-electron chi connectivity index (χ3n) is 2.16. The fourth-order valence-corrected chi connectivity index (χ4v) is 1.20. The first kappa shape index (κ1) is 10.8. The van der Waals surface area contributed by atoms with E-state index < -0.39 is 40.6 Å². The molecule has 0 saturated carbocycles. The quantitative estimate of drug-likeness (QED) is 0.316. The second-order valence-corrected chi connectivity index (χ2v) is 3.24. The van der Waals surface area contributed by atoms with Gasteiger partial charge in [-0.15, -0.1) is 0 Å². The van der Waals surface area contributed by atoms with Gasteiger partial charge in [0.2, 0.25) is 5.82 Å². The molecule has 0 N–H and O–H groups in total. The zero-order valence-corrected chi connectivity index (χ0v) is 7.66. The van der Waals surface area contributed by atoms with Crippen LogP contribution in [-0.4, -0.2) is 23.9 Å². The molecule has 0 bridgehead atoms. The van der Waals surface area contributed by atoms with Gasteiger partial charge >= 0.3 is 0 Å². The summed E-state index contributed by atoms with van der Waals surface area (Å²) in [6.45, 7) is 0.497. The number of hydrogen-bond donors (Lipinski definition) is 0. The van der Waals surface area contributed by atoms with Crippen molar-refractivity contribution >= 4 is 5.91 Å². The maximum Gasteiger partial charge on any atom is 0.260 e. The Balaban J connectivity index is 2.64. The molecule has 16 heavy (non-hydrogen) atoms. The van der Waals surface area contributed by atoms with Crippen molar-refractivity contribution in [2.24, 2.45) is 0 Å². The lowest BCUT2D eigenvalue weighted by Crippen LogP contribution is -2.18. The summed E-state index contributed by atoms with van der Waals surface area (Å²) in [7, 11) is 0. The van der Waals surface area contributed by atoms with Crippen LogP contribution < -0.4 is 0 Å². The summed E-state index contributed by atoms with van der Waals surface area (Å²) < 4.78 is 64.2. The summed E-state index contributed by atoms with van der Waals surface area (Å²) in [6, 6.07) is 0. The van der Waals surface area contributed by atoms with Crippen molar-refractivity contribution in [1.82, 2.24) is 4.90 Å². The third-order valence-corrected chi connectivity index (χ3v) is 2.16. The first-order chi connectivity index (χ1) is 7.45. The topological polar surface area (TPSA) is 20.1 Å². The van der Waals surface area contributed by atoms with E-state index in [2.05, 4.69) is 0 Å². The maximum atomic E-state index is 13.1. The normalized spacial score (nSPS) is 14.2. The molecule has 1 fully saturated rings.